The zero-order valence-electron chi connectivity index (χ0n) is 17.2. The Morgan fingerprint density at radius 3 is 2.71 bits per heavy atom. The van der Waals surface area contributed by atoms with Gasteiger partial charge in [0.15, 0.2) is 0 Å². The van der Waals surface area contributed by atoms with Crippen molar-refractivity contribution in [1.29, 1.82) is 5.26 Å². The van der Waals surface area contributed by atoms with E-state index < -0.39 is 5.82 Å². The van der Waals surface area contributed by atoms with Crippen molar-refractivity contribution in [3.05, 3.63) is 70.2 Å². The van der Waals surface area contributed by atoms with E-state index in [1.54, 1.807) is 24.4 Å². The molecule has 7 heteroatoms. The number of piperidine rings is 1. The average molecular weight is 417 g/mol. The molecular formula is C24H24FN5O. The molecule has 1 aromatic carbocycles. The summed E-state index contributed by atoms with van der Waals surface area (Å²) < 4.78 is 14.0. The van der Waals surface area contributed by atoms with Crippen LogP contribution in [0.5, 0.6) is 0 Å². The number of pyridine rings is 2. The summed E-state index contributed by atoms with van der Waals surface area (Å²) in [6, 6.07) is 13.0. The van der Waals surface area contributed by atoms with Crippen LogP contribution in [0.4, 0.5) is 10.1 Å². The summed E-state index contributed by atoms with van der Waals surface area (Å²) >= 11 is 0. The molecule has 2 saturated heterocycles. The van der Waals surface area contributed by atoms with Crippen LogP contribution >= 0.6 is 0 Å². The molecule has 2 aromatic heterocycles. The molecule has 0 bridgehead atoms. The molecule has 4 heterocycles. The minimum Gasteiger partial charge on any atom is -0.370 e. The van der Waals surface area contributed by atoms with Gasteiger partial charge in [-0.3, -0.25) is 9.69 Å². The Morgan fingerprint density at radius 2 is 1.97 bits per heavy atom. The third kappa shape index (κ3) is 3.79. The molecular weight excluding hydrogens is 393 g/mol. The molecule has 2 aliphatic rings. The Hall–Kier alpha value is -3.24. The Morgan fingerprint density at radius 1 is 1.13 bits per heavy atom. The van der Waals surface area contributed by atoms with Gasteiger partial charge in [0.1, 0.15) is 17.6 Å². The lowest BCUT2D eigenvalue weighted by molar-refractivity contribution is 0.205. The SMILES string of the molecule is N#Cc1ccc(N2CCC(N3CCC(c4cc5cccc(F)c5c(=O)[nH]4)C3)CC2)cn1. The van der Waals surface area contributed by atoms with E-state index in [1.807, 2.05) is 12.1 Å². The lowest BCUT2D eigenvalue weighted by Gasteiger charge is -2.37. The van der Waals surface area contributed by atoms with Crippen molar-refractivity contribution >= 4 is 16.5 Å². The summed E-state index contributed by atoms with van der Waals surface area (Å²) in [7, 11) is 0. The second-order valence-electron chi connectivity index (χ2n) is 8.47. The highest BCUT2D eigenvalue weighted by molar-refractivity contribution is 5.82. The van der Waals surface area contributed by atoms with Crippen LogP contribution in [0.25, 0.3) is 10.8 Å². The predicted molar refractivity (Wildman–Crippen MR) is 118 cm³/mol. The lowest BCUT2D eigenvalue weighted by atomic mass is 10.0. The van der Waals surface area contributed by atoms with Gasteiger partial charge < -0.3 is 9.88 Å². The molecule has 3 aromatic rings. The van der Waals surface area contributed by atoms with Gasteiger partial charge >= 0.3 is 0 Å². The van der Waals surface area contributed by atoms with E-state index >= 15 is 0 Å². The first kappa shape index (κ1) is 19.7. The Balaban J connectivity index is 1.24. The first-order valence-corrected chi connectivity index (χ1v) is 10.8. The van der Waals surface area contributed by atoms with E-state index in [0.29, 0.717) is 17.1 Å². The van der Waals surface area contributed by atoms with Crippen molar-refractivity contribution in [3.63, 3.8) is 0 Å². The fourth-order valence-electron chi connectivity index (χ4n) is 5.02. The topological polar surface area (TPSA) is 76.0 Å². The third-order valence-electron chi connectivity index (χ3n) is 6.71. The van der Waals surface area contributed by atoms with E-state index in [2.05, 4.69) is 25.8 Å². The predicted octanol–water partition coefficient (Wildman–Crippen LogP) is 3.39. The second kappa shape index (κ2) is 8.12. The Kier molecular flexibility index (Phi) is 5.16. The first-order valence-electron chi connectivity index (χ1n) is 10.8. The van der Waals surface area contributed by atoms with Gasteiger partial charge in [-0.05, 0) is 55.5 Å². The summed E-state index contributed by atoms with van der Waals surface area (Å²) in [5.41, 5.74) is 2.08. The molecule has 0 radical (unpaired) electrons. The largest absolute Gasteiger partial charge is 0.370 e. The number of anilines is 1. The molecule has 2 aliphatic heterocycles. The number of nitrogens with zero attached hydrogens (tertiary/aromatic N) is 4. The molecule has 6 nitrogen and oxygen atoms in total. The van der Waals surface area contributed by atoms with E-state index in [9.17, 15) is 9.18 Å². The number of H-pyrrole nitrogens is 1. The molecule has 0 spiro atoms. The van der Waals surface area contributed by atoms with Crippen LogP contribution in [0.1, 0.15) is 36.6 Å². The van der Waals surface area contributed by atoms with Crippen LogP contribution in [0, 0.1) is 17.1 Å². The number of hydrogen-bond donors (Lipinski definition) is 1. The minimum atomic E-state index is -0.470. The van der Waals surface area contributed by atoms with Crippen LogP contribution in [0.3, 0.4) is 0 Å². The van der Waals surface area contributed by atoms with Crippen molar-refractivity contribution < 1.29 is 4.39 Å². The van der Waals surface area contributed by atoms with Crippen LogP contribution in [0.2, 0.25) is 0 Å². The lowest BCUT2D eigenvalue weighted by Crippen LogP contribution is -2.44. The Labute approximate surface area is 179 Å². The van der Waals surface area contributed by atoms with Crippen molar-refractivity contribution in [2.45, 2.75) is 31.2 Å². The highest BCUT2D eigenvalue weighted by Gasteiger charge is 2.32. The van der Waals surface area contributed by atoms with Crippen LogP contribution < -0.4 is 10.5 Å². The maximum absolute atomic E-state index is 14.0. The van der Waals surface area contributed by atoms with Crippen LogP contribution in [-0.4, -0.2) is 47.1 Å². The molecule has 0 aliphatic carbocycles. The van der Waals surface area contributed by atoms with Gasteiger partial charge in [0.05, 0.1) is 17.3 Å². The number of halogens is 1. The molecule has 158 valence electrons. The van der Waals surface area contributed by atoms with Crippen LogP contribution in [0.15, 0.2) is 47.4 Å². The normalized spacial score (nSPS) is 20.3. The van der Waals surface area contributed by atoms with Crippen LogP contribution in [-0.2, 0) is 0 Å². The van der Waals surface area contributed by atoms with E-state index in [4.69, 9.17) is 5.26 Å². The fourth-order valence-corrected chi connectivity index (χ4v) is 5.02. The smallest absolute Gasteiger partial charge is 0.259 e. The quantitative estimate of drug-likeness (QED) is 0.707. The Bertz CT molecular complexity index is 1190. The molecule has 0 amide bonds. The molecule has 1 atom stereocenters. The van der Waals surface area contributed by atoms with Gasteiger partial charge in [0, 0.05) is 37.3 Å². The number of likely N-dealkylation sites (tertiary alicyclic amines) is 1. The molecule has 2 fully saturated rings. The average Bonchev–Trinajstić information content (AvgIpc) is 3.29. The maximum Gasteiger partial charge on any atom is 0.259 e. The molecule has 5 rings (SSSR count). The fraction of sp³-hybridized carbons (Fsp3) is 0.375. The summed E-state index contributed by atoms with van der Waals surface area (Å²) in [4.78, 5) is 24.4. The second-order valence-corrected chi connectivity index (χ2v) is 8.47. The number of hydrogen-bond acceptors (Lipinski definition) is 5. The van der Waals surface area contributed by atoms with Crippen molar-refractivity contribution in [1.82, 2.24) is 14.9 Å². The van der Waals surface area contributed by atoms with Crippen molar-refractivity contribution in [3.8, 4) is 6.07 Å². The number of benzene rings is 1. The van der Waals surface area contributed by atoms with Gasteiger partial charge in [-0.1, -0.05) is 12.1 Å². The maximum atomic E-state index is 14.0. The standard InChI is InChI=1S/C24H24FN5O/c25-21-3-1-2-16-12-22(28-24(31)23(16)21)17-6-9-30(15-17)19-7-10-29(11-8-19)20-5-4-18(13-26)27-14-20/h1-5,12,14,17,19H,6-11,15H2,(H,28,31). The van der Waals surface area contributed by atoms with Gasteiger partial charge in [0.25, 0.3) is 5.56 Å². The van der Waals surface area contributed by atoms with E-state index in [0.717, 1.165) is 56.8 Å². The molecule has 1 N–H and O–H groups in total. The highest BCUT2D eigenvalue weighted by atomic mass is 19.1. The summed E-state index contributed by atoms with van der Waals surface area (Å²) in [5.74, 6) is -0.205. The number of rotatable bonds is 3. The zero-order chi connectivity index (χ0) is 21.4. The number of aromatic nitrogens is 2. The summed E-state index contributed by atoms with van der Waals surface area (Å²) in [6.45, 7) is 3.85. The minimum absolute atomic E-state index is 0.144. The van der Waals surface area contributed by atoms with E-state index in [1.165, 1.54) is 6.07 Å². The summed E-state index contributed by atoms with van der Waals surface area (Å²) in [5, 5.41) is 9.72. The van der Waals surface area contributed by atoms with Crippen molar-refractivity contribution in [2.24, 2.45) is 0 Å². The number of nitriles is 1. The highest BCUT2D eigenvalue weighted by Crippen LogP contribution is 2.31. The molecule has 1 unspecified atom stereocenters. The van der Waals surface area contributed by atoms with Crippen molar-refractivity contribution in [2.75, 3.05) is 31.1 Å². The molecule has 0 saturated carbocycles. The van der Waals surface area contributed by atoms with Gasteiger partial charge in [-0.15, -0.1) is 0 Å². The number of fused-ring (bicyclic) bond motifs is 1. The van der Waals surface area contributed by atoms with Gasteiger partial charge in [0.2, 0.25) is 0 Å². The number of nitrogens with one attached hydrogen (secondary N) is 1. The summed E-state index contributed by atoms with van der Waals surface area (Å²) in [6.07, 6.45) is 4.93. The monoisotopic (exact) mass is 417 g/mol. The number of aromatic amines is 1. The third-order valence-corrected chi connectivity index (χ3v) is 6.71. The first-order chi connectivity index (χ1) is 15.1. The van der Waals surface area contributed by atoms with E-state index in [-0.39, 0.29) is 16.9 Å². The van der Waals surface area contributed by atoms with Gasteiger partial charge in [-0.25, -0.2) is 9.37 Å². The van der Waals surface area contributed by atoms with Gasteiger partial charge in [-0.2, -0.15) is 5.26 Å². The zero-order valence-corrected chi connectivity index (χ0v) is 17.2. The molecule has 31 heavy (non-hydrogen) atoms.